The predicted octanol–water partition coefficient (Wildman–Crippen LogP) is 3.79. The number of carbonyl (C=O) groups is 1. The highest BCUT2D eigenvalue weighted by molar-refractivity contribution is 5.84. The zero-order chi connectivity index (χ0) is 13.2. The van der Waals surface area contributed by atoms with Crippen molar-refractivity contribution in [3.63, 3.8) is 0 Å². The van der Waals surface area contributed by atoms with E-state index in [0.29, 0.717) is 17.2 Å². The van der Waals surface area contributed by atoms with Crippen molar-refractivity contribution >= 4 is 5.78 Å². The first kappa shape index (κ1) is 14.0. The van der Waals surface area contributed by atoms with Gasteiger partial charge in [0.2, 0.25) is 0 Å². The van der Waals surface area contributed by atoms with E-state index in [1.54, 1.807) is 0 Å². The molecule has 0 aromatic carbocycles. The molecule has 1 unspecified atom stereocenters. The molecule has 2 aliphatic rings. The third-order valence-electron chi connectivity index (χ3n) is 5.15. The number of hydrogen-bond acceptors (Lipinski definition) is 2. The summed E-state index contributed by atoms with van der Waals surface area (Å²) < 4.78 is 0. The molecule has 2 aliphatic carbocycles. The fraction of sp³-hybridized carbons (Fsp3) is 0.938. The molecule has 18 heavy (non-hydrogen) atoms. The van der Waals surface area contributed by atoms with Gasteiger partial charge in [-0.1, -0.05) is 26.7 Å². The maximum absolute atomic E-state index is 12.2. The molecule has 104 valence electrons. The van der Waals surface area contributed by atoms with Gasteiger partial charge in [-0.05, 0) is 51.0 Å². The minimum Gasteiger partial charge on any atom is -0.298 e. The highest BCUT2D eigenvalue weighted by Gasteiger charge is 2.33. The number of rotatable bonds is 2. The Balaban J connectivity index is 1.94. The van der Waals surface area contributed by atoms with E-state index in [9.17, 15) is 4.79 Å². The molecule has 2 heteroatoms. The second kappa shape index (κ2) is 5.73. The first-order chi connectivity index (χ1) is 8.49. The molecule has 0 amide bonds. The molecule has 2 saturated carbocycles. The van der Waals surface area contributed by atoms with Crippen LogP contribution in [0.15, 0.2) is 0 Å². The molecule has 0 aromatic rings. The number of likely N-dealkylation sites (N-methyl/N-ethyl adjacent to an activating group) is 1. The summed E-state index contributed by atoms with van der Waals surface area (Å²) in [6, 6.07) is 0.865. The molecule has 0 heterocycles. The van der Waals surface area contributed by atoms with Gasteiger partial charge >= 0.3 is 0 Å². The standard InChI is InChI=1S/C16H29NO/c1-16(2)11-9-13(10-12-16)17(3)14-7-5-4-6-8-15(14)18/h13-14H,4-12H2,1-3H3. The Bertz CT molecular complexity index is 287. The summed E-state index contributed by atoms with van der Waals surface area (Å²) in [5.74, 6) is 0.500. The van der Waals surface area contributed by atoms with Crippen molar-refractivity contribution in [3.05, 3.63) is 0 Å². The second-order valence-electron chi connectivity index (χ2n) is 7.14. The largest absolute Gasteiger partial charge is 0.298 e. The van der Waals surface area contributed by atoms with Crippen LogP contribution >= 0.6 is 0 Å². The number of ketones is 1. The maximum atomic E-state index is 12.2. The molecule has 0 saturated heterocycles. The first-order valence-electron chi connectivity index (χ1n) is 7.74. The Morgan fingerprint density at radius 3 is 2.39 bits per heavy atom. The Morgan fingerprint density at radius 1 is 1.06 bits per heavy atom. The number of nitrogens with zero attached hydrogens (tertiary/aromatic N) is 1. The minimum atomic E-state index is 0.221. The quantitative estimate of drug-likeness (QED) is 0.696. The van der Waals surface area contributed by atoms with Gasteiger partial charge in [0.25, 0.3) is 0 Å². The topological polar surface area (TPSA) is 20.3 Å². The molecule has 0 aliphatic heterocycles. The summed E-state index contributed by atoms with van der Waals surface area (Å²) >= 11 is 0. The molecule has 0 N–H and O–H groups in total. The smallest absolute Gasteiger partial charge is 0.149 e. The third-order valence-corrected chi connectivity index (χ3v) is 5.15. The van der Waals surface area contributed by atoms with Crippen LogP contribution in [0.4, 0.5) is 0 Å². The van der Waals surface area contributed by atoms with E-state index in [-0.39, 0.29) is 6.04 Å². The highest BCUT2D eigenvalue weighted by atomic mass is 16.1. The second-order valence-corrected chi connectivity index (χ2v) is 7.14. The Morgan fingerprint density at radius 2 is 1.72 bits per heavy atom. The van der Waals surface area contributed by atoms with Crippen molar-refractivity contribution in [1.82, 2.24) is 4.90 Å². The summed E-state index contributed by atoms with van der Waals surface area (Å²) in [5, 5.41) is 0. The lowest BCUT2D eigenvalue weighted by Gasteiger charge is -2.41. The lowest BCUT2D eigenvalue weighted by atomic mass is 9.75. The van der Waals surface area contributed by atoms with Crippen molar-refractivity contribution in [2.75, 3.05) is 7.05 Å². The van der Waals surface area contributed by atoms with E-state index in [2.05, 4.69) is 25.8 Å². The van der Waals surface area contributed by atoms with Crippen molar-refractivity contribution in [2.45, 2.75) is 83.7 Å². The average molecular weight is 251 g/mol. The van der Waals surface area contributed by atoms with Gasteiger partial charge in [-0.25, -0.2) is 0 Å². The van der Waals surface area contributed by atoms with Crippen LogP contribution in [0.1, 0.15) is 71.6 Å². The molecule has 0 radical (unpaired) electrons. The number of Topliss-reactive ketones (excluding diaryl/α,β-unsaturated/α-hetero) is 1. The maximum Gasteiger partial charge on any atom is 0.149 e. The minimum absolute atomic E-state index is 0.221. The van der Waals surface area contributed by atoms with Gasteiger partial charge < -0.3 is 0 Å². The normalized spacial score (nSPS) is 30.4. The highest BCUT2D eigenvalue weighted by Crippen LogP contribution is 2.37. The average Bonchev–Trinajstić information content (AvgIpc) is 2.53. The van der Waals surface area contributed by atoms with Crippen LogP contribution in [0.5, 0.6) is 0 Å². The third kappa shape index (κ3) is 3.34. The van der Waals surface area contributed by atoms with Gasteiger partial charge in [0, 0.05) is 12.5 Å². The van der Waals surface area contributed by atoms with E-state index >= 15 is 0 Å². The summed E-state index contributed by atoms with van der Waals surface area (Å²) in [7, 11) is 2.19. The Kier molecular flexibility index (Phi) is 4.47. The van der Waals surface area contributed by atoms with Crippen molar-refractivity contribution in [1.29, 1.82) is 0 Å². The van der Waals surface area contributed by atoms with Crippen LogP contribution in [0.3, 0.4) is 0 Å². The molecule has 2 nitrogen and oxygen atoms in total. The lowest BCUT2D eigenvalue weighted by molar-refractivity contribution is -0.124. The molecule has 1 atom stereocenters. The van der Waals surface area contributed by atoms with Gasteiger partial charge in [0.05, 0.1) is 6.04 Å². The number of hydrogen-bond donors (Lipinski definition) is 0. The van der Waals surface area contributed by atoms with Crippen molar-refractivity contribution < 1.29 is 4.79 Å². The van der Waals surface area contributed by atoms with Gasteiger partial charge in [-0.3, -0.25) is 9.69 Å². The van der Waals surface area contributed by atoms with E-state index in [1.165, 1.54) is 38.5 Å². The summed E-state index contributed by atoms with van der Waals surface area (Å²) in [4.78, 5) is 14.6. The zero-order valence-electron chi connectivity index (χ0n) is 12.4. The molecule has 2 fully saturated rings. The Labute approximate surface area is 112 Å². The monoisotopic (exact) mass is 251 g/mol. The fourth-order valence-corrected chi connectivity index (χ4v) is 3.62. The van der Waals surface area contributed by atoms with Gasteiger partial charge in [-0.15, -0.1) is 0 Å². The summed E-state index contributed by atoms with van der Waals surface area (Å²) in [6.45, 7) is 4.75. The van der Waals surface area contributed by atoms with Crippen LogP contribution in [-0.4, -0.2) is 29.8 Å². The Hall–Kier alpha value is -0.370. The molecule has 0 bridgehead atoms. The predicted molar refractivity (Wildman–Crippen MR) is 75.7 cm³/mol. The zero-order valence-corrected chi connectivity index (χ0v) is 12.4. The van der Waals surface area contributed by atoms with E-state index < -0.39 is 0 Å². The summed E-state index contributed by atoms with van der Waals surface area (Å²) in [6.07, 6.45) is 10.7. The van der Waals surface area contributed by atoms with Gasteiger partial charge in [-0.2, -0.15) is 0 Å². The molecule has 2 rings (SSSR count). The molecular formula is C16H29NO. The van der Waals surface area contributed by atoms with E-state index in [0.717, 1.165) is 19.3 Å². The van der Waals surface area contributed by atoms with Crippen LogP contribution < -0.4 is 0 Å². The van der Waals surface area contributed by atoms with Crippen LogP contribution in [0.25, 0.3) is 0 Å². The van der Waals surface area contributed by atoms with E-state index in [4.69, 9.17) is 0 Å². The van der Waals surface area contributed by atoms with Crippen LogP contribution in [0.2, 0.25) is 0 Å². The van der Waals surface area contributed by atoms with E-state index in [1.807, 2.05) is 0 Å². The molecule has 0 aromatic heterocycles. The first-order valence-corrected chi connectivity index (χ1v) is 7.74. The van der Waals surface area contributed by atoms with Crippen LogP contribution in [0, 0.1) is 5.41 Å². The SMILES string of the molecule is CN(C1CCC(C)(C)CC1)C1CCCCCC1=O. The molecule has 0 spiro atoms. The van der Waals surface area contributed by atoms with Crippen molar-refractivity contribution in [2.24, 2.45) is 5.41 Å². The summed E-state index contributed by atoms with van der Waals surface area (Å²) in [5.41, 5.74) is 0.519. The lowest BCUT2D eigenvalue weighted by Crippen LogP contribution is -2.46. The van der Waals surface area contributed by atoms with Gasteiger partial charge in [0.15, 0.2) is 0 Å². The molecular weight excluding hydrogens is 222 g/mol. The van der Waals surface area contributed by atoms with Gasteiger partial charge in [0.1, 0.15) is 5.78 Å². The van der Waals surface area contributed by atoms with Crippen molar-refractivity contribution in [3.8, 4) is 0 Å². The fourth-order valence-electron chi connectivity index (χ4n) is 3.62. The van der Waals surface area contributed by atoms with Crippen LogP contribution in [-0.2, 0) is 4.79 Å². The number of carbonyl (C=O) groups excluding carboxylic acids is 1.